The summed E-state index contributed by atoms with van der Waals surface area (Å²) >= 11 is 0. The molecule has 86 valence electrons. The van der Waals surface area contributed by atoms with E-state index in [1.807, 2.05) is 0 Å². The molecule has 3 heteroatoms. The summed E-state index contributed by atoms with van der Waals surface area (Å²) in [6.45, 7) is 2.25. The second-order valence-electron chi connectivity index (χ2n) is 5.23. The molecule has 0 aromatic heterocycles. The second-order valence-corrected chi connectivity index (χ2v) is 5.23. The van der Waals surface area contributed by atoms with Gasteiger partial charge in [-0.15, -0.1) is 0 Å². The van der Waals surface area contributed by atoms with Gasteiger partial charge in [-0.1, -0.05) is 6.42 Å². The van der Waals surface area contributed by atoms with Gasteiger partial charge in [0.2, 0.25) is 0 Å². The first kappa shape index (κ1) is 11.1. The van der Waals surface area contributed by atoms with E-state index in [1.54, 1.807) is 0 Å². The van der Waals surface area contributed by atoms with E-state index in [-0.39, 0.29) is 0 Å². The highest BCUT2D eigenvalue weighted by Gasteiger charge is 2.36. The number of piperidine rings is 2. The molecule has 0 aromatic rings. The van der Waals surface area contributed by atoms with Crippen LogP contribution in [0, 0.1) is 0 Å². The van der Waals surface area contributed by atoms with Crippen molar-refractivity contribution in [1.29, 1.82) is 0 Å². The Morgan fingerprint density at radius 2 is 1.87 bits per heavy atom. The Morgan fingerprint density at radius 1 is 1.27 bits per heavy atom. The van der Waals surface area contributed by atoms with E-state index < -0.39 is 0 Å². The van der Waals surface area contributed by atoms with E-state index >= 15 is 0 Å². The molecule has 2 bridgehead atoms. The summed E-state index contributed by atoms with van der Waals surface area (Å²) in [6.07, 6.45) is 5.40. The molecule has 0 amide bonds. The molecular weight excluding hydrogens is 188 g/mol. The lowest BCUT2D eigenvalue weighted by molar-refractivity contribution is -0.127. The van der Waals surface area contributed by atoms with Crippen molar-refractivity contribution in [2.75, 3.05) is 27.2 Å². The molecule has 0 aromatic carbocycles. The largest absolute Gasteiger partial charge is 0.308 e. The maximum absolute atomic E-state index is 11.5. The third-order valence-corrected chi connectivity index (χ3v) is 3.74. The summed E-state index contributed by atoms with van der Waals surface area (Å²) in [4.78, 5) is 16.3. The van der Waals surface area contributed by atoms with Gasteiger partial charge < -0.3 is 4.90 Å². The van der Waals surface area contributed by atoms with Crippen molar-refractivity contribution in [3.63, 3.8) is 0 Å². The van der Waals surface area contributed by atoms with Crippen molar-refractivity contribution in [3.8, 4) is 0 Å². The summed E-state index contributed by atoms with van der Waals surface area (Å²) in [6, 6.07) is 1.12. The highest BCUT2D eigenvalue weighted by Crippen LogP contribution is 2.31. The Hall–Kier alpha value is -0.410. The zero-order chi connectivity index (χ0) is 10.8. The van der Waals surface area contributed by atoms with Crippen molar-refractivity contribution in [2.24, 2.45) is 0 Å². The molecule has 0 saturated carbocycles. The smallest absolute Gasteiger partial charge is 0.136 e. The number of carbonyl (C=O) groups excluding carboxylic acids is 1. The van der Waals surface area contributed by atoms with Crippen molar-refractivity contribution in [2.45, 2.75) is 44.2 Å². The zero-order valence-corrected chi connectivity index (χ0v) is 9.91. The van der Waals surface area contributed by atoms with Gasteiger partial charge in [0.25, 0.3) is 0 Å². The number of hydrogen-bond acceptors (Lipinski definition) is 3. The van der Waals surface area contributed by atoms with E-state index in [1.165, 1.54) is 19.3 Å². The lowest BCUT2D eigenvalue weighted by Crippen LogP contribution is -2.53. The Balaban J connectivity index is 1.95. The molecule has 0 aliphatic carbocycles. The predicted molar refractivity (Wildman–Crippen MR) is 60.9 cm³/mol. The maximum atomic E-state index is 11.5. The first-order valence-electron chi connectivity index (χ1n) is 6.09. The highest BCUT2D eigenvalue weighted by molar-refractivity contribution is 5.80. The van der Waals surface area contributed by atoms with Gasteiger partial charge in [0, 0.05) is 38.0 Å². The molecule has 0 N–H and O–H groups in total. The molecule has 15 heavy (non-hydrogen) atoms. The third-order valence-electron chi connectivity index (χ3n) is 3.74. The SMILES string of the molecule is CN(C)CCN1C2CCCC1CC(=O)C2. The molecular formula is C12H22N2O. The van der Waals surface area contributed by atoms with E-state index in [0.717, 1.165) is 25.9 Å². The van der Waals surface area contributed by atoms with Crippen molar-refractivity contribution in [3.05, 3.63) is 0 Å². The monoisotopic (exact) mass is 210 g/mol. The topological polar surface area (TPSA) is 23.6 Å². The van der Waals surface area contributed by atoms with E-state index in [0.29, 0.717) is 17.9 Å². The molecule has 2 heterocycles. The molecule has 2 aliphatic rings. The summed E-state index contributed by atoms with van der Waals surface area (Å²) in [5, 5.41) is 0. The van der Waals surface area contributed by atoms with Crippen LogP contribution in [0.5, 0.6) is 0 Å². The zero-order valence-electron chi connectivity index (χ0n) is 9.91. The average Bonchev–Trinajstić information content (AvgIpc) is 2.14. The number of likely N-dealkylation sites (N-methyl/N-ethyl adjacent to an activating group) is 1. The molecule has 2 saturated heterocycles. The standard InChI is InChI=1S/C12H22N2O/c1-13(2)6-7-14-10-4-3-5-11(14)9-12(15)8-10/h10-11H,3-9H2,1-2H3. The number of Topliss-reactive ketones (excluding diaryl/α,β-unsaturated/α-hetero) is 1. The van der Waals surface area contributed by atoms with Crippen LogP contribution in [0.25, 0.3) is 0 Å². The van der Waals surface area contributed by atoms with E-state index in [9.17, 15) is 4.79 Å². The molecule has 2 aliphatic heterocycles. The van der Waals surface area contributed by atoms with Gasteiger partial charge in [-0.2, -0.15) is 0 Å². The Labute approximate surface area is 92.4 Å². The van der Waals surface area contributed by atoms with Crippen molar-refractivity contribution in [1.82, 2.24) is 9.80 Å². The van der Waals surface area contributed by atoms with Gasteiger partial charge >= 0.3 is 0 Å². The fraction of sp³-hybridized carbons (Fsp3) is 0.917. The summed E-state index contributed by atoms with van der Waals surface area (Å²) in [5.41, 5.74) is 0. The van der Waals surface area contributed by atoms with E-state index in [2.05, 4.69) is 23.9 Å². The minimum atomic E-state index is 0.491. The van der Waals surface area contributed by atoms with Crippen LogP contribution in [-0.2, 0) is 4.79 Å². The van der Waals surface area contributed by atoms with Gasteiger partial charge in [0.1, 0.15) is 5.78 Å². The molecule has 3 nitrogen and oxygen atoms in total. The number of ketones is 1. The van der Waals surface area contributed by atoms with Gasteiger partial charge in [-0.05, 0) is 26.9 Å². The van der Waals surface area contributed by atoms with Crippen LogP contribution in [0.3, 0.4) is 0 Å². The molecule has 2 unspecified atom stereocenters. The number of hydrogen-bond donors (Lipinski definition) is 0. The molecule has 0 radical (unpaired) electrons. The van der Waals surface area contributed by atoms with Crippen LogP contribution in [0.15, 0.2) is 0 Å². The van der Waals surface area contributed by atoms with E-state index in [4.69, 9.17) is 0 Å². The Bertz CT molecular complexity index is 224. The Morgan fingerprint density at radius 3 is 2.40 bits per heavy atom. The first-order chi connectivity index (χ1) is 7.16. The third kappa shape index (κ3) is 2.58. The van der Waals surface area contributed by atoms with Gasteiger partial charge in [-0.25, -0.2) is 0 Å². The van der Waals surface area contributed by atoms with Crippen molar-refractivity contribution < 1.29 is 4.79 Å². The van der Waals surface area contributed by atoms with Crippen molar-refractivity contribution >= 4 is 5.78 Å². The lowest BCUT2D eigenvalue weighted by atomic mass is 9.84. The minimum Gasteiger partial charge on any atom is -0.308 e. The average molecular weight is 210 g/mol. The normalized spacial score (nSPS) is 32.3. The quantitative estimate of drug-likeness (QED) is 0.698. The number of rotatable bonds is 3. The maximum Gasteiger partial charge on any atom is 0.136 e. The molecule has 2 atom stereocenters. The van der Waals surface area contributed by atoms with Gasteiger partial charge in [0.15, 0.2) is 0 Å². The number of fused-ring (bicyclic) bond motifs is 2. The fourth-order valence-corrected chi connectivity index (χ4v) is 2.95. The van der Waals surface area contributed by atoms with Crippen LogP contribution in [0.1, 0.15) is 32.1 Å². The van der Waals surface area contributed by atoms with Crippen LogP contribution >= 0.6 is 0 Å². The number of nitrogens with zero attached hydrogens (tertiary/aromatic N) is 2. The summed E-state index contributed by atoms with van der Waals surface area (Å²) in [5.74, 6) is 0.491. The number of carbonyl (C=O) groups is 1. The molecule has 0 spiro atoms. The van der Waals surface area contributed by atoms with Crippen LogP contribution < -0.4 is 0 Å². The van der Waals surface area contributed by atoms with Crippen LogP contribution in [0.4, 0.5) is 0 Å². The van der Waals surface area contributed by atoms with Gasteiger partial charge in [0.05, 0.1) is 0 Å². The second kappa shape index (κ2) is 4.62. The first-order valence-corrected chi connectivity index (χ1v) is 6.09. The van der Waals surface area contributed by atoms with Crippen LogP contribution in [-0.4, -0.2) is 54.9 Å². The van der Waals surface area contributed by atoms with Gasteiger partial charge in [-0.3, -0.25) is 9.69 Å². The van der Waals surface area contributed by atoms with Crippen LogP contribution in [0.2, 0.25) is 0 Å². The predicted octanol–water partition coefficient (Wildman–Crippen LogP) is 1.13. The molecule has 2 fully saturated rings. The lowest BCUT2D eigenvalue weighted by Gasteiger charge is -2.45. The fourth-order valence-electron chi connectivity index (χ4n) is 2.95. The highest BCUT2D eigenvalue weighted by atomic mass is 16.1. The summed E-state index contributed by atoms with van der Waals surface area (Å²) < 4.78 is 0. The minimum absolute atomic E-state index is 0.491. The molecule has 2 rings (SSSR count). The Kier molecular flexibility index (Phi) is 3.42. The summed E-state index contributed by atoms with van der Waals surface area (Å²) in [7, 11) is 4.23.